The Hall–Kier alpha value is -3.25. The van der Waals surface area contributed by atoms with Gasteiger partial charge in [0.25, 0.3) is 5.91 Å². The van der Waals surface area contributed by atoms with Gasteiger partial charge >= 0.3 is 0 Å². The number of nitrogens with one attached hydrogen (secondary N) is 2. The van der Waals surface area contributed by atoms with Crippen molar-refractivity contribution in [3.05, 3.63) is 89.9 Å². The van der Waals surface area contributed by atoms with Crippen LogP contribution in [-0.2, 0) is 6.42 Å². The summed E-state index contributed by atoms with van der Waals surface area (Å²) in [5.41, 5.74) is 2.82. The summed E-state index contributed by atoms with van der Waals surface area (Å²) in [5, 5.41) is 6.57. The first-order valence-electron chi connectivity index (χ1n) is 9.97. The number of aromatic nitrogens is 2. The number of piperazine rings is 1. The third-order valence-corrected chi connectivity index (χ3v) is 5.10. The molecule has 1 fully saturated rings. The normalized spacial score (nSPS) is 16.4. The first-order chi connectivity index (χ1) is 14.3. The van der Waals surface area contributed by atoms with Crippen molar-refractivity contribution >= 4 is 11.7 Å². The summed E-state index contributed by atoms with van der Waals surface area (Å²) in [4.78, 5) is 23.9. The molecule has 1 aliphatic heterocycles. The van der Waals surface area contributed by atoms with Crippen LogP contribution < -0.4 is 15.5 Å². The lowest BCUT2D eigenvalue weighted by molar-refractivity contribution is 0.0954. The molecule has 0 bridgehead atoms. The van der Waals surface area contributed by atoms with Gasteiger partial charge in [-0.05, 0) is 29.8 Å². The summed E-state index contributed by atoms with van der Waals surface area (Å²) >= 11 is 0. The van der Waals surface area contributed by atoms with Crippen LogP contribution in [0.4, 0.5) is 5.82 Å². The highest BCUT2D eigenvalue weighted by atomic mass is 16.1. The number of carbonyl (C=O) groups is 1. The molecule has 3 aromatic rings. The van der Waals surface area contributed by atoms with E-state index >= 15 is 0 Å². The third-order valence-electron chi connectivity index (χ3n) is 5.10. The topological polar surface area (TPSA) is 70.2 Å². The van der Waals surface area contributed by atoms with Crippen molar-refractivity contribution in [3.8, 4) is 0 Å². The molecular formula is C23H25N5O. The SMILES string of the molecule is O=C(NCCc1ccccn1)c1cccnc1N1CCNC(c2ccccc2)C1. The Balaban J connectivity index is 1.44. The first-order valence-corrected chi connectivity index (χ1v) is 9.97. The molecule has 148 valence electrons. The minimum Gasteiger partial charge on any atom is -0.353 e. The second kappa shape index (κ2) is 9.30. The second-order valence-electron chi connectivity index (χ2n) is 7.06. The zero-order valence-electron chi connectivity index (χ0n) is 16.3. The van der Waals surface area contributed by atoms with E-state index in [2.05, 4.69) is 49.8 Å². The van der Waals surface area contributed by atoms with E-state index in [4.69, 9.17) is 0 Å². The number of pyridine rings is 2. The van der Waals surface area contributed by atoms with E-state index in [0.717, 1.165) is 31.1 Å². The second-order valence-corrected chi connectivity index (χ2v) is 7.06. The van der Waals surface area contributed by atoms with Crippen molar-refractivity contribution in [2.24, 2.45) is 0 Å². The van der Waals surface area contributed by atoms with Crippen molar-refractivity contribution in [2.45, 2.75) is 12.5 Å². The lowest BCUT2D eigenvalue weighted by Crippen LogP contribution is -2.47. The summed E-state index contributed by atoms with van der Waals surface area (Å²) in [6, 6.07) is 20.1. The van der Waals surface area contributed by atoms with Crippen LogP contribution in [0.15, 0.2) is 73.1 Å². The summed E-state index contributed by atoms with van der Waals surface area (Å²) in [6.45, 7) is 2.97. The van der Waals surface area contributed by atoms with E-state index in [1.165, 1.54) is 5.56 Å². The fourth-order valence-electron chi connectivity index (χ4n) is 3.62. The highest BCUT2D eigenvalue weighted by Gasteiger charge is 2.24. The molecule has 1 aliphatic rings. The number of benzene rings is 1. The van der Waals surface area contributed by atoms with Gasteiger partial charge < -0.3 is 15.5 Å². The Morgan fingerprint density at radius 2 is 1.86 bits per heavy atom. The standard InChI is InChI=1S/C23H25N5O/c29-23(27-14-11-19-9-4-5-12-24-19)20-10-6-13-26-22(20)28-16-15-25-21(17-28)18-7-2-1-3-8-18/h1-10,12-13,21,25H,11,14-17H2,(H,27,29). The van der Waals surface area contributed by atoms with Gasteiger partial charge in [0.2, 0.25) is 0 Å². The largest absolute Gasteiger partial charge is 0.353 e. The van der Waals surface area contributed by atoms with Gasteiger partial charge in [0, 0.05) is 56.7 Å². The number of amides is 1. The predicted molar refractivity (Wildman–Crippen MR) is 114 cm³/mol. The van der Waals surface area contributed by atoms with Crippen LogP contribution in [0.25, 0.3) is 0 Å². The number of nitrogens with zero attached hydrogens (tertiary/aromatic N) is 3. The molecule has 6 heteroatoms. The van der Waals surface area contributed by atoms with Crippen LogP contribution in [0, 0.1) is 0 Å². The van der Waals surface area contributed by atoms with E-state index in [1.807, 2.05) is 36.4 Å². The average molecular weight is 387 g/mol. The molecule has 1 saturated heterocycles. The molecule has 4 rings (SSSR count). The number of hydrogen-bond donors (Lipinski definition) is 2. The molecule has 2 aromatic heterocycles. The summed E-state index contributed by atoms with van der Waals surface area (Å²) in [6.07, 6.45) is 4.22. The van der Waals surface area contributed by atoms with Gasteiger partial charge in [0.15, 0.2) is 0 Å². The molecule has 0 radical (unpaired) electrons. The smallest absolute Gasteiger partial charge is 0.255 e. The van der Waals surface area contributed by atoms with Crippen LogP contribution in [0.3, 0.4) is 0 Å². The third kappa shape index (κ3) is 4.78. The molecule has 1 aromatic carbocycles. The van der Waals surface area contributed by atoms with Crippen molar-refractivity contribution in [1.82, 2.24) is 20.6 Å². The zero-order valence-corrected chi connectivity index (χ0v) is 16.3. The fourth-order valence-corrected chi connectivity index (χ4v) is 3.62. The van der Waals surface area contributed by atoms with Crippen LogP contribution in [0.1, 0.15) is 27.7 Å². The first kappa shape index (κ1) is 19.1. The highest BCUT2D eigenvalue weighted by Crippen LogP contribution is 2.23. The Labute approximate surface area is 171 Å². The Morgan fingerprint density at radius 3 is 2.69 bits per heavy atom. The van der Waals surface area contributed by atoms with Gasteiger partial charge in [0.1, 0.15) is 5.82 Å². The molecule has 0 spiro atoms. The van der Waals surface area contributed by atoms with Crippen LogP contribution in [-0.4, -0.2) is 42.1 Å². The maximum absolute atomic E-state index is 12.8. The molecule has 1 atom stereocenters. The molecule has 0 saturated carbocycles. The minimum atomic E-state index is -0.0983. The average Bonchev–Trinajstić information content (AvgIpc) is 2.80. The highest BCUT2D eigenvalue weighted by molar-refractivity contribution is 5.98. The quantitative estimate of drug-likeness (QED) is 0.680. The molecule has 1 unspecified atom stereocenters. The maximum Gasteiger partial charge on any atom is 0.255 e. The van der Waals surface area contributed by atoms with Crippen molar-refractivity contribution in [1.29, 1.82) is 0 Å². The summed E-state index contributed by atoms with van der Waals surface area (Å²) < 4.78 is 0. The van der Waals surface area contributed by atoms with Gasteiger partial charge in [-0.2, -0.15) is 0 Å². The number of carbonyl (C=O) groups excluding carboxylic acids is 1. The van der Waals surface area contributed by atoms with Crippen LogP contribution in [0.2, 0.25) is 0 Å². The van der Waals surface area contributed by atoms with Gasteiger partial charge in [-0.25, -0.2) is 4.98 Å². The van der Waals surface area contributed by atoms with E-state index in [9.17, 15) is 4.79 Å². The predicted octanol–water partition coefficient (Wildman–Crippen LogP) is 2.60. The summed E-state index contributed by atoms with van der Waals surface area (Å²) in [7, 11) is 0. The molecule has 29 heavy (non-hydrogen) atoms. The monoisotopic (exact) mass is 387 g/mol. The van der Waals surface area contributed by atoms with Crippen LogP contribution in [0.5, 0.6) is 0 Å². The number of anilines is 1. The maximum atomic E-state index is 12.8. The number of rotatable bonds is 6. The van der Waals surface area contributed by atoms with Gasteiger partial charge in [-0.1, -0.05) is 36.4 Å². The molecule has 6 nitrogen and oxygen atoms in total. The lowest BCUT2D eigenvalue weighted by Gasteiger charge is -2.35. The minimum absolute atomic E-state index is 0.0983. The Bertz CT molecular complexity index is 932. The molecule has 0 aliphatic carbocycles. The Kier molecular flexibility index (Phi) is 6.12. The molecule has 1 amide bonds. The van der Waals surface area contributed by atoms with Crippen molar-refractivity contribution in [3.63, 3.8) is 0 Å². The van der Waals surface area contributed by atoms with E-state index in [-0.39, 0.29) is 11.9 Å². The Morgan fingerprint density at radius 1 is 1.03 bits per heavy atom. The van der Waals surface area contributed by atoms with E-state index in [0.29, 0.717) is 18.5 Å². The van der Waals surface area contributed by atoms with Gasteiger partial charge in [-0.3, -0.25) is 9.78 Å². The van der Waals surface area contributed by atoms with Gasteiger partial charge in [-0.15, -0.1) is 0 Å². The van der Waals surface area contributed by atoms with E-state index in [1.54, 1.807) is 12.4 Å². The molecular weight excluding hydrogens is 362 g/mol. The molecule has 3 heterocycles. The zero-order chi connectivity index (χ0) is 19.9. The number of hydrogen-bond acceptors (Lipinski definition) is 5. The molecule has 2 N–H and O–H groups in total. The van der Waals surface area contributed by atoms with Crippen molar-refractivity contribution in [2.75, 3.05) is 31.1 Å². The van der Waals surface area contributed by atoms with Crippen molar-refractivity contribution < 1.29 is 4.79 Å². The van der Waals surface area contributed by atoms with Crippen LogP contribution >= 0.6 is 0 Å². The lowest BCUT2D eigenvalue weighted by atomic mass is 10.0. The van der Waals surface area contributed by atoms with Gasteiger partial charge in [0.05, 0.1) is 5.56 Å². The van der Waals surface area contributed by atoms with E-state index < -0.39 is 0 Å². The summed E-state index contributed by atoms with van der Waals surface area (Å²) in [5.74, 6) is 0.643. The fraction of sp³-hybridized carbons (Fsp3) is 0.261.